The molecule has 0 aliphatic carbocycles. The normalized spacial score (nSPS) is 18.4. The minimum absolute atomic E-state index is 0.0839. The Morgan fingerprint density at radius 2 is 2.00 bits per heavy atom. The third-order valence-electron chi connectivity index (χ3n) is 4.95. The van der Waals surface area contributed by atoms with E-state index in [1.807, 2.05) is 0 Å². The summed E-state index contributed by atoms with van der Waals surface area (Å²) in [4.78, 5) is 57.0. The highest BCUT2D eigenvalue weighted by Crippen LogP contribution is 2.29. The fraction of sp³-hybridized carbons (Fsp3) is 0.263. The van der Waals surface area contributed by atoms with Gasteiger partial charge in [0.1, 0.15) is 18.2 Å². The Kier molecular flexibility index (Phi) is 4.75. The molecule has 3 heterocycles. The van der Waals surface area contributed by atoms with Gasteiger partial charge in [0.25, 0.3) is 11.8 Å². The van der Waals surface area contributed by atoms with E-state index in [2.05, 4.69) is 20.6 Å². The average Bonchev–Trinajstić information content (AvgIpc) is 3.02. The van der Waals surface area contributed by atoms with Crippen molar-refractivity contribution in [2.75, 3.05) is 0 Å². The molecule has 9 nitrogen and oxygen atoms in total. The van der Waals surface area contributed by atoms with E-state index < -0.39 is 29.6 Å². The number of imide groups is 1. The second kappa shape index (κ2) is 7.38. The van der Waals surface area contributed by atoms with Gasteiger partial charge in [-0.2, -0.15) is 0 Å². The van der Waals surface area contributed by atoms with Gasteiger partial charge in [0.15, 0.2) is 0 Å². The Balaban J connectivity index is 1.49. The van der Waals surface area contributed by atoms with Gasteiger partial charge in [-0.15, -0.1) is 0 Å². The summed E-state index contributed by atoms with van der Waals surface area (Å²) in [6, 6.07) is 1.87. The van der Waals surface area contributed by atoms with Gasteiger partial charge in [-0.3, -0.25) is 24.5 Å². The summed E-state index contributed by atoms with van der Waals surface area (Å²) in [6.45, 7) is 0.0492. The van der Waals surface area contributed by atoms with Crippen molar-refractivity contribution in [3.8, 4) is 0 Å². The van der Waals surface area contributed by atoms with Crippen LogP contribution in [0.1, 0.15) is 44.7 Å². The van der Waals surface area contributed by atoms with Gasteiger partial charge >= 0.3 is 0 Å². The van der Waals surface area contributed by atoms with Crippen molar-refractivity contribution < 1.29 is 23.6 Å². The van der Waals surface area contributed by atoms with Crippen LogP contribution in [0.3, 0.4) is 0 Å². The number of aromatic nitrogens is 2. The minimum atomic E-state index is -0.767. The summed E-state index contributed by atoms with van der Waals surface area (Å²) in [5.74, 6) is -2.44. The Morgan fingerprint density at radius 1 is 1.24 bits per heavy atom. The largest absolute Gasteiger partial charge is 0.348 e. The first kappa shape index (κ1) is 18.7. The van der Waals surface area contributed by atoms with E-state index in [9.17, 15) is 23.6 Å². The molecule has 1 aromatic heterocycles. The number of piperidine rings is 1. The van der Waals surface area contributed by atoms with Crippen molar-refractivity contribution in [2.45, 2.75) is 32.0 Å². The third-order valence-corrected chi connectivity index (χ3v) is 4.95. The first-order chi connectivity index (χ1) is 13.9. The highest BCUT2D eigenvalue weighted by Gasteiger charge is 2.39. The Labute approximate surface area is 164 Å². The van der Waals surface area contributed by atoms with E-state index in [0.717, 1.165) is 6.07 Å². The van der Waals surface area contributed by atoms with E-state index in [4.69, 9.17) is 0 Å². The van der Waals surface area contributed by atoms with Crippen molar-refractivity contribution in [3.63, 3.8) is 0 Å². The van der Waals surface area contributed by atoms with Gasteiger partial charge in [-0.05, 0) is 24.1 Å². The first-order valence-electron chi connectivity index (χ1n) is 8.93. The number of nitrogens with one attached hydrogen (secondary N) is 2. The smallest absolute Gasteiger partial charge is 0.255 e. The number of halogens is 1. The summed E-state index contributed by atoms with van der Waals surface area (Å²) < 4.78 is 14.5. The Hall–Kier alpha value is -3.69. The minimum Gasteiger partial charge on any atom is -0.348 e. The van der Waals surface area contributed by atoms with E-state index >= 15 is 0 Å². The molecule has 148 valence electrons. The Bertz CT molecular complexity index is 1030. The maximum absolute atomic E-state index is 14.5. The molecule has 1 atom stereocenters. The highest BCUT2D eigenvalue weighted by atomic mass is 19.1. The summed E-state index contributed by atoms with van der Waals surface area (Å²) in [5.41, 5.74) is 1.20. The number of fused-ring (bicyclic) bond motifs is 1. The van der Waals surface area contributed by atoms with Crippen molar-refractivity contribution >= 4 is 23.6 Å². The molecule has 29 heavy (non-hydrogen) atoms. The summed E-state index contributed by atoms with van der Waals surface area (Å²) in [5, 5.41) is 4.81. The van der Waals surface area contributed by atoms with E-state index in [1.54, 1.807) is 0 Å². The number of amides is 4. The number of carbonyl (C=O) groups excluding carboxylic acids is 4. The van der Waals surface area contributed by atoms with Crippen LogP contribution >= 0.6 is 0 Å². The zero-order valence-electron chi connectivity index (χ0n) is 15.1. The summed E-state index contributed by atoms with van der Waals surface area (Å²) in [6.07, 6.45) is 4.36. The maximum atomic E-state index is 14.5. The van der Waals surface area contributed by atoms with E-state index in [-0.39, 0.29) is 48.5 Å². The van der Waals surface area contributed by atoms with Crippen LogP contribution in [0.15, 0.2) is 30.9 Å². The predicted molar refractivity (Wildman–Crippen MR) is 95.6 cm³/mol. The lowest BCUT2D eigenvalue weighted by molar-refractivity contribution is -0.136. The molecule has 2 aromatic rings. The number of benzene rings is 1. The second-order valence-electron chi connectivity index (χ2n) is 6.81. The lowest BCUT2D eigenvalue weighted by Crippen LogP contribution is -2.52. The van der Waals surface area contributed by atoms with Gasteiger partial charge in [-0.1, -0.05) is 0 Å². The van der Waals surface area contributed by atoms with Gasteiger partial charge < -0.3 is 10.2 Å². The summed E-state index contributed by atoms with van der Waals surface area (Å²) in [7, 11) is 0. The number of hydrogen-bond acceptors (Lipinski definition) is 6. The van der Waals surface area contributed by atoms with Crippen molar-refractivity contribution in [3.05, 3.63) is 58.9 Å². The van der Waals surface area contributed by atoms with Crippen molar-refractivity contribution in [2.24, 2.45) is 0 Å². The van der Waals surface area contributed by atoms with Crippen LogP contribution in [-0.4, -0.2) is 44.5 Å². The molecule has 1 fully saturated rings. The highest BCUT2D eigenvalue weighted by molar-refractivity contribution is 6.05. The molecule has 0 radical (unpaired) electrons. The summed E-state index contributed by atoms with van der Waals surface area (Å²) >= 11 is 0. The van der Waals surface area contributed by atoms with Crippen molar-refractivity contribution in [1.82, 2.24) is 25.5 Å². The molecular weight excluding hydrogens is 381 g/mol. The van der Waals surface area contributed by atoms with E-state index in [1.165, 1.54) is 29.7 Å². The van der Waals surface area contributed by atoms with Crippen LogP contribution in [0.4, 0.5) is 4.39 Å². The molecule has 1 saturated heterocycles. The van der Waals surface area contributed by atoms with Crippen LogP contribution in [0.5, 0.6) is 0 Å². The Morgan fingerprint density at radius 3 is 2.72 bits per heavy atom. The maximum Gasteiger partial charge on any atom is 0.255 e. The second-order valence-corrected chi connectivity index (χ2v) is 6.81. The molecule has 4 rings (SSSR count). The first-order valence-corrected chi connectivity index (χ1v) is 8.93. The lowest BCUT2D eigenvalue weighted by Gasteiger charge is -2.29. The average molecular weight is 397 g/mol. The molecule has 2 aliphatic rings. The lowest BCUT2D eigenvalue weighted by atomic mass is 10.0. The molecule has 0 bridgehead atoms. The van der Waals surface area contributed by atoms with Crippen molar-refractivity contribution in [1.29, 1.82) is 0 Å². The topological polar surface area (TPSA) is 121 Å². The van der Waals surface area contributed by atoms with Gasteiger partial charge in [0.05, 0.1) is 5.56 Å². The monoisotopic (exact) mass is 397 g/mol. The van der Waals surface area contributed by atoms with Gasteiger partial charge in [0, 0.05) is 43.0 Å². The molecule has 4 amide bonds. The molecule has 2 aliphatic heterocycles. The van der Waals surface area contributed by atoms with Crippen LogP contribution < -0.4 is 10.6 Å². The van der Waals surface area contributed by atoms with Crippen LogP contribution in [0, 0.1) is 5.82 Å². The zero-order valence-corrected chi connectivity index (χ0v) is 15.1. The van der Waals surface area contributed by atoms with Crippen LogP contribution in [-0.2, 0) is 22.7 Å². The standard InChI is InChI=1S/C19H16FN5O4/c20-14-4-13-11(3-10(14)7-23-17(27)12-5-21-9-22-6-12)8-25(19(13)29)15-1-2-16(26)24-18(15)28/h3-6,9,15H,1-2,7-8H2,(H,23,27)(H,24,26,28). The molecule has 0 spiro atoms. The fourth-order valence-electron chi connectivity index (χ4n) is 3.47. The molecule has 1 aromatic carbocycles. The molecule has 1 unspecified atom stereocenters. The molecule has 2 N–H and O–H groups in total. The van der Waals surface area contributed by atoms with E-state index in [0.29, 0.717) is 5.56 Å². The molecular formula is C19H16FN5O4. The van der Waals surface area contributed by atoms with Crippen LogP contribution in [0.2, 0.25) is 0 Å². The van der Waals surface area contributed by atoms with Gasteiger partial charge in [-0.25, -0.2) is 14.4 Å². The predicted octanol–water partition coefficient (Wildman–Crippen LogP) is 0.307. The number of carbonyl (C=O) groups is 4. The quantitative estimate of drug-likeness (QED) is 0.716. The van der Waals surface area contributed by atoms with Gasteiger partial charge in [0.2, 0.25) is 11.8 Å². The number of nitrogens with zero attached hydrogens (tertiary/aromatic N) is 3. The molecule has 10 heteroatoms. The fourth-order valence-corrected chi connectivity index (χ4v) is 3.47. The third kappa shape index (κ3) is 3.56. The SMILES string of the molecule is O=C1CCC(N2Cc3cc(CNC(=O)c4cncnc4)c(F)cc3C2=O)C(=O)N1. The number of hydrogen-bond donors (Lipinski definition) is 2. The zero-order chi connectivity index (χ0) is 20.5. The molecule has 0 saturated carbocycles. The number of rotatable bonds is 4. The van der Waals surface area contributed by atoms with Crippen LogP contribution in [0.25, 0.3) is 0 Å².